The van der Waals surface area contributed by atoms with Crippen LogP contribution in [-0.4, -0.2) is 41.1 Å². The molecule has 0 aromatic heterocycles. The van der Waals surface area contributed by atoms with Gasteiger partial charge in [0.05, 0.1) is 18.2 Å². The maximum absolute atomic E-state index is 12.1. The SMILES string of the molecule is CC(C)C[C@H](N)C(=O)N(C)C1CCCCC1O. The predicted octanol–water partition coefficient (Wildman–Crippen LogP) is 1.12. The summed E-state index contributed by atoms with van der Waals surface area (Å²) in [5.74, 6) is 0.378. The van der Waals surface area contributed by atoms with Gasteiger partial charge in [-0.2, -0.15) is 0 Å². The van der Waals surface area contributed by atoms with Crippen molar-refractivity contribution >= 4 is 5.91 Å². The van der Waals surface area contributed by atoms with Gasteiger partial charge in [-0.05, 0) is 25.2 Å². The molecule has 2 unspecified atom stereocenters. The van der Waals surface area contributed by atoms with E-state index in [0.29, 0.717) is 12.3 Å². The summed E-state index contributed by atoms with van der Waals surface area (Å²) >= 11 is 0. The Hall–Kier alpha value is -0.610. The smallest absolute Gasteiger partial charge is 0.239 e. The Morgan fingerprint density at radius 1 is 1.41 bits per heavy atom. The Bertz CT molecular complexity index is 256. The van der Waals surface area contributed by atoms with Gasteiger partial charge >= 0.3 is 0 Å². The van der Waals surface area contributed by atoms with E-state index in [9.17, 15) is 9.90 Å². The maximum Gasteiger partial charge on any atom is 0.239 e. The van der Waals surface area contributed by atoms with Crippen molar-refractivity contribution in [2.45, 2.75) is 64.1 Å². The monoisotopic (exact) mass is 242 g/mol. The van der Waals surface area contributed by atoms with Crippen LogP contribution in [0.4, 0.5) is 0 Å². The Morgan fingerprint density at radius 2 is 2.00 bits per heavy atom. The zero-order valence-corrected chi connectivity index (χ0v) is 11.2. The lowest BCUT2D eigenvalue weighted by molar-refractivity contribution is -0.137. The maximum atomic E-state index is 12.1. The van der Waals surface area contributed by atoms with Gasteiger partial charge in [-0.3, -0.25) is 4.79 Å². The molecule has 0 aromatic carbocycles. The molecule has 1 fully saturated rings. The number of aliphatic hydroxyl groups is 1. The number of amides is 1. The van der Waals surface area contributed by atoms with E-state index in [-0.39, 0.29) is 18.1 Å². The standard InChI is InChI=1S/C13H26N2O2/c1-9(2)8-10(14)13(17)15(3)11-6-4-5-7-12(11)16/h9-12,16H,4-8,14H2,1-3H3/t10-,11?,12?/m0/s1. The molecular weight excluding hydrogens is 216 g/mol. The van der Waals surface area contributed by atoms with Crippen molar-refractivity contribution in [2.75, 3.05) is 7.05 Å². The second kappa shape index (κ2) is 6.36. The molecule has 0 heterocycles. The normalized spacial score (nSPS) is 26.9. The van der Waals surface area contributed by atoms with E-state index in [1.54, 1.807) is 11.9 Å². The topological polar surface area (TPSA) is 66.6 Å². The fourth-order valence-electron chi connectivity index (χ4n) is 2.58. The van der Waals surface area contributed by atoms with Crippen LogP contribution < -0.4 is 5.73 Å². The van der Waals surface area contributed by atoms with Gasteiger partial charge in [-0.15, -0.1) is 0 Å². The lowest BCUT2D eigenvalue weighted by Gasteiger charge is -2.36. The molecule has 0 aromatic rings. The van der Waals surface area contributed by atoms with Gasteiger partial charge in [0.1, 0.15) is 0 Å². The Morgan fingerprint density at radius 3 is 2.53 bits per heavy atom. The van der Waals surface area contributed by atoms with Gasteiger partial charge in [-0.25, -0.2) is 0 Å². The van der Waals surface area contributed by atoms with Gasteiger partial charge in [0, 0.05) is 7.05 Å². The zero-order valence-electron chi connectivity index (χ0n) is 11.2. The van der Waals surface area contributed by atoms with Crippen LogP contribution in [0, 0.1) is 5.92 Å². The van der Waals surface area contributed by atoms with Crippen molar-refractivity contribution in [3.63, 3.8) is 0 Å². The quantitative estimate of drug-likeness (QED) is 0.776. The molecule has 0 radical (unpaired) electrons. The number of aliphatic hydroxyl groups excluding tert-OH is 1. The third kappa shape index (κ3) is 3.96. The van der Waals surface area contributed by atoms with Crippen LogP contribution in [0.5, 0.6) is 0 Å². The third-order valence-electron chi connectivity index (χ3n) is 3.58. The third-order valence-corrected chi connectivity index (χ3v) is 3.58. The van der Waals surface area contributed by atoms with Gasteiger partial charge in [0.15, 0.2) is 0 Å². The van der Waals surface area contributed by atoms with E-state index in [4.69, 9.17) is 5.73 Å². The second-order valence-corrected chi connectivity index (χ2v) is 5.60. The minimum atomic E-state index is -0.436. The van der Waals surface area contributed by atoms with Crippen LogP contribution in [0.25, 0.3) is 0 Å². The highest BCUT2D eigenvalue weighted by Gasteiger charge is 2.31. The van der Waals surface area contributed by atoms with E-state index < -0.39 is 6.04 Å². The average molecular weight is 242 g/mol. The first-order chi connectivity index (χ1) is 7.93. The first-order valence-corrected chi connectivity index (χ1v) is 6.63. The molecule has 0 spiro atoms. The molecule has 3 N–H and O–H groups in total. The molecule has 1 rings (SSSR count). The number of likely N-dealkylation sites (N-methyl/N-ethyl adjacent to an activating group) is 1. The highest BCUT2D eigenvalue weighted by molar-refractivity contribution is 5.81. The summed E-state index contributed by atoms with van der Waals surface area (Å²) in [4.78, 5) is 13.8. The van der Waals surface area contributed by atoms with E-state index in [0.717, 1.165) is 25.7 Å². The molecule has 1 amide bonds. The van der Waals surface area contributed by atoms with Crippen molar-refractivity contribution in [1.82, 2.24) is 4.90 Å². The number of nitrogens with zero attached hydrogens (tertiary/aromatic N) is 1. The number of hydrogen-bond donors (Lipinski definition) is 2. The average Bonchev–Trinajstić information content (AvgIpc) is 2.27. The molecule has 100 valence electrons. The van der Waals surface area contributed by atoms with Crippen LogP contribution in [-0.2, 0) is 4.79 Å². The van der Waals surface area contributed by atoms with Gasteiger partial charge in [-0.1, -0.05) is 26.7 Å². The largest absolute Gasteiger partial charge is 0.391 e. The number of carbonyl (C=O) groups excluding carboxylic acids is 1. The summed E-state index contributed by atoms with van der Waals surface area (Å²) in [5.41, 5.74) is 5.90. The van der Waals surface area contributed by atoms with Crippen molar-refractivity contribution in [1.29, 1.82) is 0 Å². The number of rotatable bonds is 4. The summed E-state index contributed by atoms with van der Waals surface area (Å²) in [6.07, 6.45) is 4.13. The van der Waals surface area contributed by atoms with E-state index in [1.165, 1.54) is 0 Å². The molecular formula is C13H26N2O2. The van der Waals surface area contributed by atoms with Gasteiger partial charge < -0.3 is 15.7 Å². The first kappa shape index (κ1) is 14.5. The van der Waals surface area contributed by atoms with E-state index in [2.05, 4.69) is 13.8 Å². The van der Waals surface area contributed by atoms with Gasteiger partial charge in [0.25, 0.3) is 0 Å². The molecule has 0 saturated heterocycles. The number of carbonyl (C=O) groups is 1. The summed E-state index contributed by atoms with van der Waals surface area (Å²) in [7, 11) is 1.77. The molecule has 4 nitrogen and oxygen atoms in total. The molecule has 1 saturated carbocycles. The summed E-state index contributed by atoms with van der Waals surface area (Å²) in [5, 5.41) is 9.92. The fraction of sp³-hybridized carbons (Fsp3) is 0.923. The molecule has 4 heteroatoms. The first-order valence-electron chi connectivity index (χ1n) is 6.63. The van der Waals surface area contributed by atoms with Crippen molar-refractivity contribution in [3.05, 3.63) is 0 Å². The van der Waals surface area contributed by atoms with Crippen LogP contribution in [0.1, 0.15) is 46.0 Å². The van der Waals surface area contributed by atoms with Gasteiger partial charge in [0.2, 0.25) is 5.91 Å². The van der Waals surface area contributed by atoms with E-state index >= 15 is 0 Å². The van der Waals surface area contributed by atoms with Crippen molar-refractivity contribution in [2.24, 2.45) is 11.7 Å². The van der Waals surface area contributed by atoms with Crippen LogP contribution >= 0.6 is 0 Å². The minimum Gasteiger partial charge on any atom is -0.391 e. The predicted molar refractivity (Wildman–Crippen MR) is 68.5 cm³/mol. The lowest BCUT2D eigenvalue weighted by Crippen LogP contribution is -2.51. The molecule has 1 aliphatic rings. The summed E-state index contributed by atoms with van der Waals surface area (Å²) in [6, 6.07) is -0.483. The molecule has 17 heavy (non-hydrogen) atoms. The molecule has 0 bridgehead atoms. The molecule has 3 atom stereocenters. The Labute approximate surface area is 104 Å². The van der Waals surface area contributed by atoms with Crippen molar-refractivity contribution in [3.8, 4) is 0 Å². The zero-order chi connectivity index (χ0) is 13.0. The van der Waals surface area contributed by atoms with Crippen LogP contribution in [0.15, 0.2) is 0 Å². The summed E-state index contributed by atoms with van der Waals surface area (Å²) < 4.78 is 0. The second-order valence-electron chi connectivity index (χ2n) is 5.60. The number of nitrogens with two attached hydrogens (primary N) is 1. The highest BCUT2D eigenvalue weighted by atomic mass is 16.3. The lowest BCUT2D eigenvalue weighted by atomic mass is 9.91. The Balaban J connectivity index is 2.55. The highest BCUT2D eigenvalue weighted by Crippen LogP contribution is 2.23. The van der Waals surface area contributed by atoms with Crippen molar-refractivity contribution < 1.29 is 9.90 Å². The molecule has 0 aliphatic heterocycles. The molecule has 1 aliphatic carbocycles. The minimum absolute atomic E-state index is 0.0374. The van der Waals surface area contributed by atoms with Crippen LogP contribution in [0.3, 0.4) is 0 Å². The fourth-order valence-corrected chi connectivity index (χ4v) is 2.58. The summed E-state index contributed by atoms with van der Waals surface area (Å²) in [6.45, 7) is 4.12. The van der Waals surface area contributed by atoms with Crippen LogP contribution in [0.2, 0.25) is 0 Å². The number of hydrogen-bond acceptors (Lipinski definition) is 3. The Kier molecular flexibility index (Phi) is 5.40. The van der Waals surface area contributed by atoms with E-state index in [1.807, 2.05) is 0 Å².